The highest BCUT2D eigenvalue weighted by Gasteiger charge is 2.23. The number of aryl methyl sites for hydroxylation is 1. The van der Waals surface area contributed by atoms with Gasteiger partial charge in [-0.25, -0.2) is 0 Å². The molecule has 0 saturated heterocycles. The zero-order chi connectivity index (χ0) is 15.5. The van der Waals surface area contributed by atoms with E-state index in [0.29, 0.717) is 12.4 Å². The van der Waals surface area contributed by atoms with Gasteiger partial charge in [0.2, 0.25) is 0 Å². The van der Waals surface area contributed by atoms with Crippen molar-refractivity contribution in [2.75, 3.05) is 6.61 Å². The second-order valence-electron chi connectivity index (χ2n) is 5.07. The number of hydrogen-bond acceptors (Lipinski definition) is 5. The molecule has 2 aromatic carbocycles. The molecule has 0 spiro atoms. The molecule has 1 aliphatic rings. The van der Waals surface area contributed by atoms with Crippen LogP contribution in [-0.4, -0.2) is 16.8 Å². The lowest BCUT2D eigenvalue weighted by Crippen LogP contribution is -2.06. The fourth-order valence-electron chi connectivity index (χ4n) is 2.22. The van der Waals surface area contributed by atoms with Crippen LogP contribution in [0.4, 0.5) is 0 Å². The lowest BCUT2D eigenvalue weighted by Gasteiger charge is -2.12. The fraction of sp³-hybridized carbons (Fsp3) is 0.235. The van der Waals surface area contributed by atoms with E-state index in [0.717, 1.165) is 16.2 Å². The monoisotopic (exact) mass is 314 g/mol. The van der Waals surface area contributed by atoms with Crippen LogP contribution in [0.2, 0.25) is 0 Å². The number of phenols is 1. The molecule has 114 valence electrons. The Hall–Kier alpha value is -2.14. The maximum absolute atomic E-state index is 9.78. The lowest BCUT2D eigenvalue weighted by molar-refractivity contribution is 0.317. The van der Waals surface area contributed by atoms with Crippen molar-refractivity contribution in [1.29, 1.82) is 0 Å². The van der Waals surface area contributed by atoms with Gasteiger partial charge < -0.3 is 9.84 Å². The number of benzene rings is 2. The van der Waals surface area contributed by atoms with E-state index in [4.69, 9.17) is 4.74 Å². The fourth-order valence-corrected chi connectivity index (χ4v) is 3.21. The van der Waals surface area contributed by atoms with Gasteiger partial charge in [-0.15, -0.1) is 0 Å². The summed E-state index contributed by atoms with van der Waals surface area (Å²) in [4.78, 5) is 0. The zero-order valence-corrected chi connectivity index (χ0v) is 13.4. The van der Waals surface area contributed by atoms with Gasteiger partial charge in [-0.05, 0) is 31.5 Å². The van der Waals surface area contributed by atoms with Crippen LogP contribution in [0.25, 0.3) is 0 Å². The SMILES string of the molecule is CCOc1cc([C@H]2NN=C(c3ccc(C)cc3)S2)ccc1O. The number of thioether (sulfide) groups is 1. The van der Waals surface area contributed by atoms with Crippen molar-refractivity contribution in [3.63, 3.8) is 0 Å². The first-order chi connectivity index (χ1) is 10.7. The molecule has 3 rings (SSSR count). The standard InChI is InChI=1S/C17H18N2O2S/c1-3-21-15-10-13(8-9-14(15)20)17-19-18-16(22-17)12-6-4-11(2)5-7-12/h4-10,17,19-20H,3H2,1-2H3/t17-/m0/s1. The highest BCUT2D eigenvalue weighted by Crippen LogP contribution is 2.37. The molecule has 0 fully saturated rings. The van der Waals surface area contributed by atoms with Gasteiger partial charge >= 0.3 is 0 Å². The minimum absolute atomic E-state index is 0.0242. The molecule has 0 radical (unpaired) electrons. The maximum atomic E-state index is 9.78. The summed E-state index contributed by atoms with van der Waals surface area (Å²) in [5.74, 6) is 0.666. The van der Waals surface area contributed by atoms with Crippen LogP contribution in [0.1, 0.15) is 29.0 Å². The molecular formula is C17H18N2O2S. The normalized spacial score (nSPS) is 17.0. The van der Waals surface area contributed by atoms with E-state index in [-0.39, 0.29) is 11.1 Å². The van der Waals surface area contributed by atoms with Gasteiger partial charge in [-0.2, -0.15) is 5.10 Å². The molecular weight excluding hydrogens is 296 g/mol. The zero-order valence-electron chi connectivity index (χ0n) is 12.5. The largest absolute Gasteiger partial charge is 0.504 e. The van der Waals surface area contributed by atoms with E-state index in [2.05, 4.69) is 41.7 Å². The molecule has 22 heavy (non-hydrogen) atoms. The van der Waals surface area contributed by atoms with Crippen LogP contribution < -0.4 is 10.2 Å². The quantitative estimate of drug-likeness (QED) is 0.901. The van der Waals surface area contributed by atoms with Gasteiger partial charge in [-0.1, -0.05) is 47.7 Å². The maximum Gasteiger partial charge on any atom is 0.161 e. The molecule has 0 amide bonds. The Bertz CT molecular complexity index is 698. The van der Waals surface area contributed by atoms with Crippen molar-refractivity contribution in [2.24, 2.45) is 5.10 Å². The first-order valence-corrected chi connectivity index (χ1v) is 8.08. The number of rotatable bonds is 4. The third-order valence-corrected chi connectivity index (χ3v) is 4.56. The van der Waals surface area contributed by atoms with E-state index in [1.807, 2.05) is 19.1 Å². The number of hydrazone groups is 1. The summed E-state index contributed by atoms with van der Waals surface area (Å²) in [5.41, 5.74) is 6.50. The Balaban J connectivity index is 1.76. The predicted octanol–water partition coefficient (Wildman–Crippen LogP) is 3.80. The van der Waals surface area contributed by atoms with Crippen LogP contribution in [0.15, 0.2) is 47.6 Å². The van der Waals surface area contributed by atoms with Crippen molar-refractivity contribution in [3.8, 4) is 11.5 Å². The Labute approximate surface area is 134 Å². The molecule has 0 aromatic heterocycles. The van der Waals surface area contributed by atoms with Crippen LogP contribution in [0, 0.1) is 6.92 Å². The van der Waals surface area contributed by atoms with Gasteiger partial charge in [0, 0.05) is 5.56 Å². The Morgan fingerprint density at radius 3 is 2.73 bits per heavy atom. The van der Waals surface area contributed by atoms with Crippen LogP contribution >= 0.6 is 11.8 Å². The van der Waals surface area contributed by atoms with Gasteiger partial charge in [0.25, 0.3) is 0 Å². The second kappa shape index (κ2) is 6.32. The summed E-state index contributed by atoms with van der Waals surface area (Å²) in [6, 6.07) is 13.7. The molecule has 0 unspecified atom stereocenters. The smallest absolute Gasteiger partial charge is 0.161 e. The topological polar surface area (TPSA) is 53.8 Å². The number of nitrogens with one attached hydrogen (secondary N) is 1. The Morgan fingerprint density at radius 2 is 2.00 bits per heavy atom. The van der Waals surface area contributed by atoms with Gasteiger partial charge in [0.15, 0.2) is 11.5 Å². The summed E-state index contributed by atoms with van der Waals surface area (Å²) in [7, 11) is 0. The molecule has 0 bridgehead atoms. The third kappa shape index (κ3) is 3.04. The highest BCUT2D eigenvalue weighted by atomic mass is 32.2. The van der Waals surface area contributed by atoms with Crippen molar-refractivity contribution in [3.05, 3.63) is 59.2 Å². The summed E-state index contributed by atoms with van der Waals surface area (Å²) in [6.07, 6.45) is 0. The minimum Gasteiger partial charge on any atom is -0.504 e. The first kappa shape index (κ1) is 14.8. The second-order valence-corrected chi connectivity index (χ2v) is 6.16. The first-order valence-electron chi connectivity index (χ1n) is 7.20. The Morgan fingerprint density at radius 1 is 1.23 bits per heavy atom. The van der Waals surface area contributed by atoms with Crippen LogP contribution in [-0.2, 0) is 0 Å². The van der Waals surface area contributed by atoms with Crippen molar-refractivity contribution in [2.45, 2.75) is 19.2 Å². The summed E-state index contributed by atoms with van der Waals surface area (Å²) < 4.78 is 5.44. The van der Waals surface area contributed by atoms with Gasteiger partial charge in [-0.3, -0.25) is 5.43 Å². The number of ether oxygens (including phenoxy) is 1. The number of phenolic OH excluding ortho intramolecular Hbond substituents is 1. The van der Waals surface area contributed by atoms with Crippen LogP contribution in [0.3, 0.4) is 0 Å². The molecule has 4 nitrogen and oxygen atoms in total. The number of aromatic hydroxyl groups is 1. The van der Waals surface area contributed by atoms with E-state index >= 15 is 0 Å². The summed E-state index contributed by atoms with van der Waals surface area (Å²) in [6.45, 7) is 4.49. The van der Waals surface area contributed by atoms with E-state index in [1.165, 1.54) is 5.56 Å². The average Bonchev–Trinajstić information content (AvgIpc) is 3.00. The molecule has 5 heteroatoms. The highest BCUT2D eigenvalue weighted by molar-refractivity contribution is 8.14. The number of nitrogens with zero attached hydrogens (tertiary/aromatic N) is 1. The molecule has 1 heterocycles. The number of hydrogen-bond donors (Lipinski definition) is 2. The molecule has 2 N–H and O–H groups in total. The summed E-state index contributed by atoms with van der Waals surface area (Å²) in [5, 5.41) is 15.2. The summed E-state index contributed by atoms with van der Waals surface area (Å²) >= 11 is 1.66. The van der Waals surface area contributed by atoms with E-state index < -0.39 is 0 Å². The Kier molecular flexibility index (Phi) is 4.24. The third-order valence-electron chi connectivity index (χ3n) is 3.40. The van der Waals surface area contributed by atoms with Crippen molar-refractivity contribution < 1.29 is 9.84 Å². The predicted molar refractivity (Wildman–Crippen MR) is 90.5 cm³/mol. The molecule has 0 aliphatic carbocycles. The van der Waals surface area contributed by atoms with Gasteiger partial charge in [0.05, 0.1) is 6.61 Å². The van der Waals surface area contributed by atoms with Crippen molar-refractivity contribution >= 4 is 16.8 Å². The van der Waals surface area contributed by atoms with Gasteiger partial charge in [0.1, 0.15) is 10.4 Å². The molecule has 0 saturated carbocycles. The molecule has 2 aromatic rings. The van der Waals surface area contributed by atoms with Crippen molar-refractivity contribution in [1.82, 2.24) is 5.43 Å². The van der Waals surface area contributed by atoms with E-state index in [1.54, 1.807) is 17.8 Å². The molecule has 1 aliphatic heterocycles. The van der Waals surface area contributed by atoms with E-state index in [9.17, 15) is 5.11 Å². The minimum atomic E-state index is 0.0242. The average molecular weight is 314 g/mol. The molecule has 1 atom stereocenters. The lowest BCUT2D eigenvalue weighted by atomic mass is 10.2. The van der Waals surface area contributed by atoms with Crippen LogP contribution in [0.5, 0.6) is 11.5 Å².